The number of quaternary nitrogens is 1. The van der Waals surface area contributed by atoms with Gasteiger partial charge >= 0.3 is 0 Å². The summed E-state index contributed by atoms with van der Waals surface area (Å²) in [5, 5.41) is 3.51. The van der Waals surface area contributed by atoms with Gasteiger partial charge in [0.1, 0.15) is 11.7 Å². The summed E-state index contributed by atoms with van der Waals surface area (Å²) in [6.45, 7) is 7.33. The number of anilines is 1. The standard InChI is InChI=1S/C24H35FN3O2/c1-18-4-2-13-28(18,20-7-11-26-17-20)19-5-6-22(21(25)16-19)27-12-3-8-24(23(27)29)9-14-30-15-10-24/h5-6,16,18,20,26H,2-4,7-15,17H2,1H3/q+1/t18-,20+,28?/m1/s1. The van der Waals surface area contributed by atoms with E-state index in [1.807, 2.05) is 6.07 Å². The van der Waals surface area contributed by atoms with Gasteiger partial charge in [-0.1, -0.05) is 0 Å². The molecule has 4 aliphatic heterocycles. The fourth-order valence-electron chi connectivity index (χ4n) is 6.77. The number of benzene rings is 1. The number of hydrogen-bond acceptors (Lipinski definition) is 3. The van der Waals surface area contributed by atoms with E-state index in [9.17, 15) is 4.79 Å². The first-order valence-electron chi connectivity index (χ1n) is 11.8. The van der Waals surface area contributed by atoms with E-state index in [4.69, 9.17) is 4.74 Å². The minimum atomic E-state index is -0.353. The summed E-state index contributed by atoms with van der Waals surface area (Å²) in [7, 11) is 0. The van der Waals surface area contributed by atoms with Crippen LogP contribution in [0.5, 0.6) is 0 Å². The van der Waals surface area contributed by atoms with Crippen molar-refractivity contribution < 1.29 is 13.9 Å². The molecule has 5 nitrogen and oxygen atoms in total. The Bertz CT molecular complexity index is 798. The molecule has 0 aromatic heterocycles. The predicted molar refractivity (Wildman–Crippen MR) is 117 cm³/mol. The maximum atomic E-state index is 15.6. The Labute approximate surface area is 179 Å². The molecule has 4 aliphatic rings. The van der Waals surface area contributed by atoms with Crippen molar-refractivity contribution in [3.8, 4) is 0 Å². The normalized spacial score (nSPS) is 34.1. The molecule has 4 saturated heterocycles. The average Bonchev–Trinajstić information content (AvgIpc) is 3.42. The number of ether oxygens (including phenoxy) is 1. The first-order chi connectivity index (χ1) is 14.6. The topological polar surface area (TPSA) is 41.6 Å². The highest BCUT2D eigenvalue weighted by Gasteiger charge is 2.49. The van der Waals surface area contributed by atoms with Crippen LogP contribution in [0.3, 0.4) is 0 Å². The number of nitrogens with one attached hydrogen (secondary N) is 1. The highest BCUT2D eigenvalue weighted by Crippen LogP contribution is 2.44. The highest BCUT2D eigenvalue weighted by atomic mass is 19.1. The van der Waals surface area contributed by atoms with E-state index in [1.54, 1.807) is 11.0 Å². The van der Waals surface area contributed by atoms with Crippen molar-refractivity contribution in [2.45, 2.75) is 64.0 Å². The lowest BCUT2D eigenvalue weighted by molar-refractivity contribution is -0.136. The summed E-state index contributed by atoms with van der Waals surface area (Å²) in [5.74, 6) is -0.144. The largest absolute Gasteiger partial charge is 0.381 e. The maximum Gasteiger partial charge on any atom is 0.233 e. The van der Waals surface area contributed by atoms with E-state index in [1.165, 1.54) is 12.8 Å². The Morgan fingerprint density at radius 3 is 2.70 bits per heavy atom. The van der Waals surface area contributed by atoms with Crippen LogP contribution in [0.4, 0.5) is 15.8 Å². The predicted octanol–water partition coefficient (Wildman–Crippen LogP) is 3.60. The quantitative estimate of drug-likeness (QED) is 0.766. The smallest absolute Gasteiger partial charge is 0.233 e. The molecule has 0 radical (unpaired) electrons. The fourth-order valence-corrected chi connectivity index (χ4v) is 6.77. The number of carbonyl (C=O) groups is 1. The molecular weight excluding hydrogens is 381 g/mol. The molecule has 3 atom stereocenters. The average molecular weight is 417 g/mol. The summed E-state index contributed by atoms with van der Waals surface area (Å²) in [5.41, 5.74) is 1.19. The van der Waals surface area contributed by atoms with Gasteiger partial charge in [-0.25, -0.2) is 4.39 Å². The highest BCUT2D eigenvalue weighted by molar-refractivity contribution is 5.98. The van der Waals surface area contributed by atoms with Gasteiger partial charge in [0, 0.05) is 64.2 Å². The Morgan fingerprint density at radius 2 is 2.03 bits per heavy atom. The van der Waals surface area contributed by atoms with Crippen LogP contribution in [0.25, 0.3) is 0 Å². The molecule has 1 spiro atoms. The minimum Gasteiger partial charge on any atom is -0.381 e. The summed E-state index contributed by atoms with van der Waals surface area (Å²) in [6, 6.07) is 6.75. The van der Waals surface area contributed by atoms with Crippen molar-refractivity contribution in [1.82, 2.24) is 9.80 Å². The molecule has 1 aromatic rings. The molecule has 0 saturated carbocycles. The molecule has 1 unspecified atom stereocenters. The summed E-state index contributed by atoms with van der Waals surface area (Å²) in [6.07, 6.45) is 6.87. The maximum absolute atomic E-state index is 15.6. The first kappa shape index (κ1) is 20.4. The first-order valence-corrected chi connectivity index (χ1v) is 11.8. The zero-order valence-corrected chi connectivity index (χ0v) is 18.2. The van der Waals surface area contributed by atoms with Crippen molar-refractivity contribution in [3.63, 3.8) is 0 Å². The van der Waals surface area contributed by atoms with Gasteiger partial charge in [-0.15, -0.1) is 0 Å². The number of nitrogens with zero attached hydrogens (tertiary/aromatic N) is 2. The molecule has 4 fully saturated rings. The molecule has 1 N–H and O–H groups in total. The lowest BCUT2D eigenvalue weighted by Gasteiger charge is -2.45. The van der Waals surface area contributed by atoms with Crippen LogP contribution in [0.2, 0.25) is 0 Å². The van der Waals surface area contributed by atoms with E-state index >= 15 is 4.39 Å². The zero-order valence-electron chi connectivity index (χ0n) is 18.2. The second-order valence-electron chi connectivity index (χ2n) is 9.88. The second kappa shape index (κ2) is 7.88. The molecule has 0 aliphatic carbocycles. The number of likely N-dealkylation sites (tertiary alicyclic amines) is 1. The lowest BCUT2D eigenvalue weighted by atomic mass is 9.73. The van der Waals surface area contributed by atoms with Crippen molar-refractivity contribution in [2.24, 2.45) is 5.41 Å². The number of hydrogen-bond donors (Lipinski definition) is 1. The molecule has 30 heavy (non-hydrogen) atoms. The van der Waals surface area contributed by atoms with Gasteiger partial charge in [0.25, 0.3) is 0 Å². The minimum absolute atomic E-state index is 0.0992. The number of rotatable bonds is 3. The van der Waals surface area contributed by atoms with Gasteiger partial charge in [0.2, 0.25) is 5.91 Å². The molecule has 5 rings (SSSR count). The number of halogens is 1. The van der Waals surface area contributed by atoms with Crippen LogP contribution in [-0.2, 0) is 9.53 Å². The van der Waals surface area contributed by atoms with Gasteiger partial charge in [0.05, 0.1) is 23.7 Å². The van der Waals surface area contributed by atoms with E-state index in [0.29, 0.717) is 37.5 Å². The van der Waals surface area contributed by atoms with Gasteiger partial charge < -0.3 is 15.0 Å². The fraction of sp³-hybridized carbons (Fsp3) is 0.708. The van der Waals surface area contributed by atoms with E-state index in [0.717, 1.165) is 61.9 Å². The van der Waals surface area contributed by atoms with Crippen LogP contribution < -0.4 is 14.7 Å². The third-order valence-electron chi connectivity index (χ3n) is 8.51. The van der Waals surface area contributed by atoms with Crippen LogP contribution >= 0.6 is 0 Å². The van der Waals surface area contributed by atoms with Crippen molar-refractivity contribution in [3.05, 3.63) is 24.0 Å². The van der Waals surface area contributed by atoms with Crippen molar-refractivity contribution in [1.29, 1.82) is 0 Å². The second-order valence-corrected chi connectivity index (χ2v) is 9.88. The van der Waals surface area contributed by atoms with E-state index in [2.05, 4.69) is 18.3 Å². The van der Waals surface area contributed by atoms with Crippen molar-refractivity contribution in [2.75, 3.05) is 44.3 Å². The van der Waals surface area contributed by atoms with Crippen LogP contribution in [0.15, 0.2) is 18.2 Å². The van der Waals surface area contributed by atoms with E-state index < -0.39 is 0 Å². The van der Waals surface area contributed by atoms with Gasteiger partial charge in [0.15, 0.2) is 5.82 Å². The molecule has 1 amide bonds. The molecule has 1 aromatic carbocycles. The molecular formula is C24H35FN3O2+. The van der Waals surface area contributed by atoms with Gasteiger partial charge in [-0.2, -0.15) is 0 Å². The summed E-state index contributed by atoms with van der Waals surface area (Å²) >= 11 is 0. The van der Waals surface area contributed by atoms with Crippen LogP contribution in [-0.4, -0.2) is 57.4 Å². The number of piperidine rings is 1. The Balaban J connectivity index is 1.46. The third kappa shape index (κ3) is 3.10. The summed E-state index contributed by atoms with van der Waals surface area (Å²) < 4.78 is 21.9. The summed E-state index contributed by atoms with van der Waals surface area (Å²) in [4.78, 5) is 15.1. The Kier molecular flexibility index (Phi) is 5.36. The monoisotopic (exact) mass is 416 g/mol. The molecule has 4 heterocycles. The van der Waals surface area contributed by atoms with Gasteiger partial charge in [-0.3, -0.25) is 9.28 Å². The SMILES string of the molecule is C[C@@H]1CCC[N+]1(c1ccc(N2CCCC3(CCOCC3)C2=O)c(F)c1)[C@H]1CCNC1. The van der Waals surface area contributed by atoms with Crippen LogP contribution in [0, 0.1) is 11.2 Å². The molecule has 6 heteroatoms. The Morgan fingerprint density at radius 1 is 1.20 bits per heavy atom. The van der Waals surface area contributed by atoms with E-state index in [-0.39, 0.29) is 17.1 Å². The lowest BCUT2D eigenvalue weighted by Crippen LogP contribution is -2.59. The van der Waals surface area contributed by atoms with Crippen LogP contribution in [0.1, 0.15) is 51.9 Å². The number of carbonyl (C=O) groups excluding carboxylic acids is 1. The van der Waals surface area contributed by atoms with Crippen molar-refractivity contribution >= 4 is 17.3 Å². The van der Waals surface area contributed by atoms with Gasteiger partial charge in [-0.05, 0) is 38.7 Å². The zero-order chi connectivity index (χ0) is 20.8. The molecule has 164 valence electrons. The Hall–Kier alpha value is -1.50. The molecule has 0 bridgehead atoms. The third-order valence-corrected chi connectivity index (χ3v) is 8.51. The number of amides is 1.